The molecular weight excluding hydrogens is 248 g/mol. The van der Waals surface area contributed by atoms with Crippen molar-refractivity contribution in [3.05, 3.63) is 17.5 Å². The Morgan fingerprint density at radius 1 is 1.47 bits per heavy atom. The lowest BCUT2D eigenvalue weighted by Gasteiger charge is -2.09. The van der Waals surface area contributed by atoms with Gasteiger partial charge in [-0.2, -0.15) is 5.10 Å². The molecule has 1 heterocycles. The van der Waals surface area contributed by atoms with Crippen molar-refractivity contribution in [1.82, 2.24) is 20.4 Å². The number of rotatable bonds is 6. The van der Waals surface area contributed by atoms with Crippen molar-refractivity contribution < 1.29 is 14.7 Å². The predicted molar refractivity (Wildman–Crippen MR) is 69.6 cm³/mol. The van der Waals surface area contributed by atoms with Crippen LogP contribution in [-0.2, 0) is 18.4 Å². The molecule has 1 unspecified atom stereocenters. The van der Waals surface area contributed by atoms with Crippen molar-refractivity contribution in [3.8, 4) is 0 Å². The number of carbonyl (C=O) groups is 2. The van der Waals surface area contributed by atoms with E-state index in [1.54, 1.807) is 11.6 Å². The van der Waals surface area contributed by atoms with E-state index in [-0.39, 0.29) is 6.03 Å². The summed E-state index contributed by atoms with van der Waals surface area (Å²) in [5.41, 5.74) is 1.83. The fourth-order valence-electron chi connectivity index (χ4n) is 1.59. The van der Waals surface area contributed by atoms with Gasteiger partial charge in [-0.15, -0.1) is 0 Å². The van der Waals surface area contributed by atoms with E-state index in [9.17, 15) is 9.59 Å². The quantitative estimate of drug-likeness (QED) is 0.705. The van der Waals surface area contributed by atoms with Gasteiger partial charge in [0.25, 0.3) is 0 Å². The Morgan fingerprint density at radius 3 is 2.68 bits per heavy atom. The van der Waals surface area contributed by atoms with Gasteiger partial charge in [-0.05, 0) is 13.3 Å². The highest BCUT2D eigenvalue weighted by atomic mass is 16.4. The largest absolute Gasteiger partial charge is 0.481 e. The van der Waals surface area contributed by atoms with Gasteiger partial charge < -0.3 is 15.7 Å². The molecule has 2 amide bonds. The Balaban J connectivity index is 2.25. The number of urea groups is 1. The second-order valence-electron chi connectivity index (χ2n) is 4.55. The highest BCUT2D eigenvalue weighted by Gasteiger charge is 2.11. The summed E-state index contributed by atoms with van der Waals surface area (Å²) < 4.78 is 1.69. The van der Waals surface area contributed by atoms with Crippen LogP contribution in [0.4, 0.5) is 4.79 Å². The van der Waals surface area contributed by atoms with E-state index in [4.69, 9.17) is 5.11 Å². The van der Waals surface area contributed by atoms with Crippen LogP contribution in [0.1, 0.15) is 24.6 Å². The minimum Gasteiger partial charge on any atom is -0.481 e. The number of amides is 2. The Hall–Kier alpha value is -2.05. The first-order valence-electron chi connectivity index (χ1n) is 6.13. The molecule has 7 heteroatoms. The average molecular weight is 268 g/mol. The molecule has 1 aromatic heterocycles. The maximum Gasteiger partial charge on any atom is 0.315 e. The number of nitrogens with one attached hydrogen (secondary N) is 2. The molecule has 3 N–H and O–H groups in total. The third kappa shape index (κ3) is 4.99. The van der Waals surface area contributed by atoms with Crippen LogP contribution >= 0.6 is 0 Å². The minimum atomic E-state index is -0.854. The molecule has 0 fully saturated rings. The number of aliphatic carboxylic acids is 1. The summed E-state index contributed by atoms with van der Waals surface area (Å²) in [4.78, 5) is 22.1. The van der Waals surface area contributed by atoms with Gasteiger partial charge in [0.2, 0.25) is 0 Å². The van der Waals surface area contributed by atoms with Crippen molar-refractivity contribution in [2.75, 3.05) is 6.54 Å². The normalized spacial score (nSPS) is 11.9. The molecule has 106 valence electrons. The van der Waals surface area contributed by atoms with E-state index in [1.165, 1.54) is 0 Å². The zero-order valence-corrected chi connectivity index (χ0v) is 11.4. The van der Waals surface area contributed by atoms with E-state index in [2.05, 4.69) is 15.7 Å². The lowest BCUT2D eigenvalue weighted by molar-refractivity contribution is -0.141. The summed E-state index contributed by atoms with van der Waals surface area (Å²) in [6.45, 7) is 4.23. The highest BCUT2D eigenvalue weighted by molar-refractivity contribution is 5.74. The van der Waals surface area contributed by atoms with Gasteiger partial charge in [-0.1, -0.05) is 6.92 Å². The van der Waals surface area contributed by atoms with Gasteiger partial charge in [0.1, 0.15) is 0 Å². The molecule has 0 bridgehead atoms. The van der Waals surface area contributed by atoms with Crippen molar-refractivity contribution >= 4 is 12.0 Å². The Morgan fingerprint density at radius 2 is 2.16 bits per heavy atom. The van der Waals surface area contributed by atoms with Gasteiger partial charge in [-0.3, -0.25) is 9.48 Å². The Bertz CT molecular complexity index is 456. The maximum absolute atomic E-state index is 11.5. The molecule has 19 heavy (non-hydrogen) atoms. The molecule has 0 aliphatic heterocycles. The van der Waals surface area contributed by atoms with E-state index in [1.807, 2.05) is 20.2 Å². The van der Waals surface area contributed by atoms with Crippen molar-refractivity contribution in [2.24, 2.45) is 13.0 Å². The van der Waals surface area contributed by atoms with Crippen LogP contribution < -0.4 is 10.6 Å². The van der Waals surface area contributed by atoms with Crippen molar-refractivity contribution in [2.45, 2.75) is 26.8 Å². The fourth-order valence-corrected chi connectivity index (χ4v) is 1.59. The smallest absolute Gasteiger partial charge is 0.315 e. The first kappa shape index (κ1) is 15.0. The van der Waals surface area contributed by atoms with E-state index in [0.29, 0.717) is 19.5 Å². The summed E-state index contributed by atoms with van der Waals surface area (Å²) in [5.74, 6) is -1.31. The lowest BCUT2D eigenvalue weighted by Crippen LogP contribution is -2.36. The molecule has 0 saturated heterocycles. The van der Waals surface area contributed by atoms with E-state index < -0.39 is 11.9 Å². The second-order valence-corrected chi connectivity index (χ2v) is 4.55. The van der Waals surface area contributed by atoms with Gasteiger partial charge >= 0.3 is 12.0 Å². The molecule has 0 radical (unpaired) electrons. The SMILES string of the molecule is Cc1nn(C)cc1CNC(=O)NCCC(C)C(=O)O. The maximum atomic E-state index is 11.5. The van der Waals surface area contributed by atoms with Crippen LogP contribution in [0.15, 0.2) is 6.20 Å². The van der Waals surface area contributed by atoms with Gasteiger partial charge in [0.05, 0.1) is 11.6 Å². The molecular formula is C12H20N4O3. The molecule has 1 aromatic rings. The van der Waals surface area contributed by atoms with Crippen LogP contribution in [0, 0.1) is 12.8 Å². The zero-order valence-electron chi connectivity index (χ0n) is 11.4. The van der Waals surface area contributed by atoms with Crippen LogP contribution in [-0.4, -0.2) is 33.4 Å². The number of nitrogens with zero attached hydrogens (tertiary/aromatic N) is 2. The minimum absolute atomic E-state index is 0.305. The number of carbonyl (C=O) groups excluding carboxylic acids is 1. The molecule has 0 aliphatic rings. The number of aromatic nitrogens is 2. The van der Waals surface area contributed by atoms with Gasteiger partial charge in [0, 0.05) is 31.9 Å². The average Bonchev–Trinajstić information content (AvgIpc) is 2.65. The third-order valence-electron chi connectivity index (χ3n) is 2.84. The fraction of sp³-hybridized carbons (Fsp3) is 0.583. The number of carboxylic acid groups (broad SMARTS) is 1. The van der Waals surface area contributed by atoms with Crippen molar-refractivity contribution in [1.29, 1.82) is 0 Å². The van der Waals surface area contributed by atoms with Gasteiger partial charge in [0.15, 0.2) is 0 Å². The van der Waals surface area contributed by atoms with Crippen LogP contribution in [0.3, 0.4) is 0 Å². The Kier molecular flexibility index (Phi) is 5.35. The zero-order chi connectivity index (χ0) is 14.4. The van der Waals surface area contributed by atoms with Crippen LogP contribution in [0.5, 0.6) is 0 Å². The standard InChI is InChI=1S/C12H20N4O3/c1-8(11(17)18)4-5-13-12(19)14-6-10-7-16(3)15-9(10)2/h7-8H,4-6H2,1-3H3,(H,17,18)(H2,13,14,19). The summed E-state index contributed by atoms with van der Waals surface area (Å²) in [6.07, 6.45) is 2.26. The van der Waals surface area contributed by atoms with Gasteiger partial charge in [-0.25, -0.2) is 4.79 Å². The number of aryl methyl sites for hydroxylation is 2. The monoisotopic (exact) mass is 268 g/mol. The lowest BCUT2D eigenvalue weighted by atomic mass is 10.1. The summed E-state index contributed by atoms with van der Waals surface area (Å²) in [6, 6.07) is -0.305. The third-order valence-corrected chi connectivity index (χ3v) is 2.84. The van der Waals surface area contributed by atoms with E-state index in [0.717, 1.165) is 11.3 Å². The summed E-state index contributed by atoms with van der Waals surface area (Å²) in [5, 5.41) is 18.2. The predicted octanol–water partition coefficient (Wildman–Crippen LogP) is 0.639. The first-order valence-corrected chi connectivity index (χ1v) is 6.13. The second kappa shape index (κ2) is 6.77. The number of hydrogen-bond acceptors (Lipinski definition) is 3. The molecule has 0 spiro atoms. The van der Waals surface area contributed by atoms with Crippen molar-refractivity contribution in [3.63, 3.8) is 0 Å². The summed E-state index contributed by atoms with van der Waals surface area (Å²) >= 11 is 0. The summed E-state index contributed by atoms with van der Waals surface area (Å²) in [7, 11) is 1.82. The highest BCUT2D eigenvalue weighted by Crippen LogP contribution is 2.03. The van der Waals surface area contributed by atoms with Crippen LogP contribution in [0.25, 0.3) is 0 Å². The molecule has 1 atom stereocenters. The molecule has 1 rings (SSSR count). The topological polar surface area (TPSA) is 96.3 Å². The Labute approximate surface area is 112 Å². The molecule has 0 aliphatic carbocycles. The molecule has 7 nitrogen and oxygen atoms in total. The number of carboxylic acids is 1. The van der Waals surface area contributed by atoms with E-state index >= 15 is 0 Å². The van der Waals surface area contributed by atoms with Crippen LogP contribution in [0.2, 0.25) is 0 Å². The first-order chi connectivity index (χ1) is 8.90. The number of hydrogen-bond donors (Lipinski definition) is 3. The molecule has 0 saturated carbocycles. The molecule has 0 aromatic carbocycles.